The number of carbonyl (C=O) groups is 4. The Labute approximate surface area is 162 Å². The molecule has 4 unspecified atom stereocenters. The molecule has 0 radical (unpaired) electrons. The lowest BCUT2D eigenvalue weighted by atomic mass is 10.0. The van der Waals surface area contributed by atoms with E-state index in [1.54, 1.807) is 13.8 Å². The van der Waals surface area contributed by atoms with Crippen molar-refractivity contribution in [2.45, 2.75) is 38.0 Å². The molecule has 10 nitrogen and oxygen atoms in total. The molecule has 4 atom stereocenters. The molecule has 0 bridgehead atoms. The number of carboxylic acid groups (broad SMARTS) is 1. The van der Waals surface area contributed by atoms with Crippen molar-refractivity contribution >= 4 is 48.9 Å². The molecule has 150 valence electrons. The fraction of sp³-hybridized carbons (Fsp3) is 0.714. The smallest absolute Gasteiger partial charge is 0.326 e. The molecule has 0 heterocycles. The van der Waals surface area contributed by atoms with E-state index in [0.717, 1.165) is 0 Å². The molecule has 0 fully saturated rings. The second-order valence-corrected chi connectivity index (χ2v) is 6.58. The number of thiol groups is 2. The number of rotatable bonds is 11. The molecule has 0 aliphatic heterocycles. The van der Waals surface area contributed by atoms with Gasteiger partial charge in [-0.1, -0.05) is 13.8 Å². The topological polar surface area (TPSA) is 171 Å². The highest BCUT2D eigenvalue weighted by molar-refractivity contribution is 7.80. The third-order valence-corrected chi connectivity index (χ3v) is 4.15. The minimum Gasteiger partial charge on any atom is -0.480 e. The molecule has 0 rings (SSSR count). The van der Waals surface area contributed by atoms with Crippen LogP contribution in [0.3, 0.4) is 0 Å². The Kier molecular flexibility index (Phi) is 11.3. The van der Waals surface area contributed by atoms with E-state index in [0.29, 0.717) is 0 Å². The highest BCUT2D eigenvalue weighted by Crippen LogP contribution is 2.03. The number of hydrogen-bond acceptors (Lipinski definition) is 8. The molecule has 0 aromatic carbocycles. The molecule has 0 saturated heterocycles. The third-order valence-electron chi connectivity index (χ3n) is 3.40. The molecule has 7 N–H and O–H groups in total. The summed E-state index contributed by atoms with van der Waals surface area (Å²) < 4.78 is 0. The maximum atomic E-state index is 12.2. The SMILES string of the molecule is CC(C)C(NC(=O)C(CS)NC(=O)C(CO)NC(=O)C(N)CS)C(=O)O. The molecular formula is C14H26N4O6S2. The summed E-state index contributed by atoms with van der Waals surface area (Å²) in [5, 5.41) is 25.3. The first-order chi connectivity index (χ1) is 12.1. The first-order valence-corrected chi connectivity index (χ1v) is 9.07. The van der Waals surface area contributed by atoms with E-state index >= 15 is 0 Å². The fourth-order valence-corrected chi connectivity index (χ4v) is 2.21. The van der Waals surface area contributed by atoms with Crippen molar-refractivity contribution in [1.82, 2.24) is 16.0 Å². The van der Waals surface area contributed by atoms with Gasteiger partial charge in [-0.3, -0.25) is 14.4 Å². The lowest BCUT2D eigenvalue weighted by Crippen LogP contribution is -2.59. The number of aliphatic hydroxyl groups excluding tert-OH is 1. The zero-order chi connectivity index (χ0) is 20.4. The van der Waals surface area contributed by atoms with Crippen LogP contribution >= 0.6 is 25.3 Å². The Morgan fingerprint density at radius 1 is 0.923 bits per heavy atom. The van der Waals surface area contributed by atoms with Crippen LogP contribution in [0.4, 0.5) is 0 Å². The maximum absolute atomic E-state index is 12.2. The first kappa shape index (κ1) is 24.5. The van der Waals surface area contributed by atoms with Gasteiger partial charge in [-0.2, -0.15) is 25.3 Å². The number of amides is 3. The van der Waals surface area contributed by atoms with Crippen molar-refractivity contribution in [3.8, 4) is 0 Å². The molecule has 26 heavy (non-hydrogen) atoms. The van der Waals surface area contributed by atoms with Gasteiger partial charge in [-0.25, -0.2) is 4.79 Å². The zero-order valence-electron chi connectivity index (χ0n) is 14.5. The third kappa shape index (κ3) is 7.81. The van der Waals surface area contributed by atoms with E-state index in [-0.39, 0.29) is 17.4 Å². The van der Waals surface area contributed by atoms with Crippen LogP contribution in [0.2, 0.25) is 0 Å². The number of nitrogens with one attached hydrogen (secondary N) is 3. The van der Waals surface area contributed by atoms with Crippen molar-refractivity contribution in [2.75, 3.05) is 18.1 Å². The Morgan fingerprint density at radius 2 is 1.42 bits per heavy atom. The summed E-state index contributed by atoms with van der Waals surface area (Å²) in [5.74, 6) is -3.93. The molecular weight excluding hydrogens is 384 g/mol. The van der Waals surface area contributed by atoms with Crippen LogP contribution in [0.15, 0.2) is 0 Å². The normalized spacial score (nSPS) is 15.5. The largest absolute Gasteiger partial charge is 0.480 e. The summed E-state index contributed by atoms with van der Waals surface area (Å²) in [5.41, 5.74) is 5.47. The zero-order valence-corrected chi connectivity index (χ0v) is 16.3. The summed E-state index contributed by atoms with van der Waals surface area (Å²) in [7, 11) is 0. The molecule has 0 saturated carbocycles. The van der Waals surface area contributed by atoms with E-state index in [1.807, 2.05) is 0 Å². The summed E-state index contributed by atoms with van der Waals surface area (Å²) in [6, 6.07) is -4.59. The summed E-state index contributed by atoms with van der Waals surface area (Å²) in [6.45, 7) is 2.52. The highest BCUT2D eigenvalue weighted by atomic mass is 32.1. The van der Waals surface area contributed by atoms with Gasteiger partial charge in [0.2, 0.25) is 17.7 Å². The van der Waals surface area contributed by atoms with E-state index in [1.165, 1.54) is 0 Å². The summed E-state index contributed by atoms with van der Waals surface area (Å²) in [6.07, 6.45) is 0. The van der Waals surface area contributed by atoms with Crippen molar-refractivity contribution in [1.29, 1.82) is 0 Å². The quantitative estimate of drug-likeness (QED) is 0.172. The van der Waals surface area contributed by atoms with Crippen molar-refractivity contribution < 1.29 is 29.4 Å². The second-order valence-electron chi connectivity index (χ2n) is 5.85. The van der Waals surface area contributed by atoms with E-state index < -0.39 is 54.5 Å². The minimum atomic E-state index is -1.33. The fourth-order valence-electron chi connectivity index (χ4n) is 1.79. The Bertz CT molecular complexity index is 520. The Hall–Kier alpha value is -1.50. The van der Waals surface area contributed by atoms with Gasteiger partial charge in [0.05, 0.1) is 12.6 Å². The van der Waals surface area contributed by atoms with Gasteiger partial charge in [-0.15, -0.1) is 0 Å². The minimum absolute atomic E-state index is 0.0407. The van der Waals surface area contributed by atoms with Gasteiger partial charge in [0.1, 0.15) is 18.1 Å². The number of carboxylic acids is 1. The number of aliphatic carboxylic acids is 1. The maximum Gasteiger partial charge on any atom is 0.326 e. The Morgan fingerprint density at radius 3 is 1.81 bits per heavy atom. The number of carbonyl (C=O) groups excluding carboxylic acids is 3. The average molecular weight is 411 g/mol. The highest BCUT2D eigenvalue weighted by Gasteiger charge is 2.30. The van der Waals surface area contributed by atoms with Gasteiger partial charge >= 0.3 is 5.97 Å². The Balaban J connectivity index is 4.95. The van der Waals surface area contributed by atoms with Gasteiger partial charge in [0, 0.05) is 11.5 Å². The van der Waals surface area contributed by atoms with Crippen molar-refractivity contribution in [3.05, 3.63) is 0 Å². The van der Waals surface area contributed by atoms with Gasteiger partial charge in [0.15, 0.2) is 0 Å². The molecule has 0 spiro atoms. The lowest BCUT2D eigenvalue weighted by Gasteiger charge is -2.24. The van der Waals surface area contributed by atoms with Crippen molar-refractivity contribution in [3.63, 3.8) is 0 Å². The van der Waals surface area contributed by atoms with Gasteiger partial charge < -0.3 is 31.9 Å². The van der Waals surface area contributed by atoms with E-state index in [9.17, 15) is 24.3 Å². The molecule has 0 aromatic rings. The average Bonchev–Trinajstić information content (AvgIpc) is 2.59. The van der Waals surface area contributed by atoms with Crippen molar-refractivity contribution in [2.24, 2.45) is 11.7 Å². The predicted molar refractivity (Wildman–Crippen MR) is 101 cm³/mol. The van der Waals surface area contributed by atoms with Crippen LogP contribution in [0.5, 0.6) is 0 Å². The monoisotopic (exact) mass is 410 g/mol. The number of hydrogen-bond donors (Lipinski definition) is 8. The first-order valence-electron chi connectivity index (χ1n) is 7.81. The van der Waals surface area contributed by atoms with Crippen LogP contribution in [-0.2, 0) is 19.2 Å². The van der Waals surface area contributed by atoms with Crippen LogP contribution < -0.4 is 21.7 Å². The van der Waals surface area contributed by atoms with Crippen LogP contribution in [0.1, 0.15) is 13.8 Å². The number of aliphatic hydroxyl groups is 1. The van der Waals surface area contributed by atoms with Gasteiger partial charge in [0.25, 0.3) is 0 Å². The van der Waals surface area contributed by atoms with Crippen LogP contribution in [0.25, 0.3) is 0 Å². The van der Waals surface area contributed by atoms with Crippen LogP contribution in [-0.4, -0.2) is 76.2 Å². The van der Waals surface area contributed by atoms with E-state index in [4.69, 9.17) is 10.8 Å². The van der Waals surface area contributed by atoms with Gasteiger partial charge in [-0.05, 0) is 5.92 Å². The van der Waals surface area contributed by atoms with E-state index in [2.05, 4.69) is 41.2 Å². The molecule has 0 aliphatic rings. The molecule has 0 aliphatic carbocycles. The lowest BCUT2D eigenvalue weighted by molar-refractivity contribution is -0.143. The second kappa shape index (κ2) is 12.0. The molecule has 3 amide bonds. The number of nitrogens with two attached hydrogens (primary N) is 1. The standard InChI is InChI=1S/C14H26N4O6S2/c1-6(2)10(14(23)24)18-13(22)9(5-26)17-12(21)8(3-19)16-11(20)7(15)4-25/h6-10,19,25-26H,3-5,15H2,1-2H3,(H,16,20)(H,17,21)(H,18,22)(H,23,24). The summed E-state index contributed by atoms with van der Waals surface area (Å²) >= 11 is 7.83. The molecule has 12 heteroatoms. The van der Waals surface area contributed by atoms with Crippen LogP contribution in [0, 0.1) is 5.92 Å². The molecule has 0 aromatic heterocycles. The predicted octanol–water partition coefficient (Wildman–Crippen LogP) is -2.64. The summed E-state index contributed by atoms with van der Waals surface area (Å²) in [4.78, 5) is 47.2.